The predicted molar refractivity (Wildman–Crippen MR) is 58.3 cm³/mol. The summed E-state index contributed by atoms with van der Waals surface area (Å²) in [4.78, 5) is 8.51. The van der Waals surface area contributed by atoms with Gasteiger partial charge in [-0.3, -0.25) is 0 Å². The van der Waals surface area contributed by atoms with Gasteiger partial charge in [0, 0.05) is 26.1 Å². The molecule has 1 heterocycles. The molecule has 0 unspecified atom stereocenters. The van der Waals surface area contributed by atoms with Gasteiger partial charge in [-0.15, -0.1) is 0 Å². The topological polar surface area (TPSA) is 56.3 Å². The van der Waals surface area contributed by atoms with Crippen LogP contribution in [0.5, 0.6) is 5.88 Å². The Kier molecular flexibility index (Phi) is 4.83. The summed E-state index contributed by atoms with van der Waals surface area (Å²) in [5, 5.41) is 3.14. The molecule has 5 nitrogen and oxygen atoms in total. The minimum atomic E-state index is 0.585. The van der Waals surface area contributed by atoms with E-state index < -0.39 is 0 Å². The van der Waals surface area contributed by atoms with Gasteiger partial charge in [0.25, 0.3) is 0 Å². The number of aromatic nitrogens is 2. The fourth-order valence-electron chi connectivity index (χ4n) is 1.11. The molecule has 1 aromatic rings. The molecule has 84 valence electrons. The lowest BCUT2D eigenvalue weighted by Gasteiger charge is -2.07. The predicted octanol–water partition coefficient (Wildman–Crippen LogP) is 1.11. The summed E-state index contributed by atoms with van der Waals surface area (Å²) in [6.45, 7) is 3.38. The van der Waals surface area contributed by atoms with E-state index in [0.717, 1.165) is 24.6 Å². The lowest BCUT2D eigenvalue weighted by atomic mass is 10.4. The van der Waals surface area contributed by atoms with E-state index in [-0.39, 0.29) is 0 Å². The number of hydrogen-bond acceptors (Lipinski definition) is 5. The Morgan fingerprint density at radius 3 is 2.73 bits per heavy atom. The molecule has 1 aromatic heterocycles. The largest absolute Gasteiger partial charge is 0.481 e. The molecular formula is C10H17N3O2. The fraction of sp³-hybridized carbons (Fsp3) is 0.600. The summed E-state index contributed by atoms with van der Waals surface area (Å²) in [6.07, 6.45) is 0.788. The summed E-state index contributed by atoms with van der Waals surface area (Å²) >= 11 is 0. The van der Waals surface area contributed by atoms with Gasteiger partial charge in [-0.05, 0) is 0 Å². The van der Waals surface area contributed by atoms with Crippen molar-refractivity contribution >= 4 is 5.82 Å². The van der Waals surface area contributed by atoms with Crippen LogP contribution in [-0.2, 0) is 11.2 Å². The van der Waals surface area contributed by atoms with Crippen molar-refractivity contribution in [1.82, 2.24) is 9.97 Å². The van der Waals surface area contributed by atoms with E-state index in [2.05, 4.69) is 15.3 Å². The molecule has 0 aliphatic carbocycles. The average molecular weight is 211 g/mol. The Morgan fingerprint density at radius 1 is 1.33 bits per heavy atom. The first-order valence-corrected chi connectivity index (χ1v) is 4.95. The van der Waals surface area contributed by atoms with Crippen LogP contribution in [0.25, 0.3) is 0 Å². The van der Waals surface area contributed by atoms with Gasteiger partial charge < -0.3 is 14.8 Å². The molecular weight excluding hydrogens is 194 g/mol. The summed E-state index contributed by atoms with van der Waals surface area (Å²) in [6, 6.07) is 1.77. The summed E-state index contributed by atoms with van der Waals surface area (Å²) in [5.41, 5.74) is 0. The summed E-state index contributed by atoms with van der Waals surface area (Å²) < 4.78 is 10.0. The van der Waals surface area contributed by atoms with Gasteiger partial charge in [0.15, 0.2) is 0 Å². The Labute approximate surface area is 89.8 Å². The van der Waals surface area contributed by atoms with Crippen LogP contribution in [0.1, 0.15) is 12.7 Å². The lowest BCUT2D eigenvalue weighted by molar-refractivity contribution is 0.210. The molecule has 0 spiro atoms. The van der Waals surface area contributed by atoms with Crippen molar-refractivity contribution in [2.45, 2.75) is 13.3 Å². The molecule has 0 amide bonds. The third-order valence-electron chi connectivity index (χ3n) is 1.89. The van der Waals surface area contributed by atoms with Gasteiger partial charge in [0.1, 0.15) is 11.6 Å². The zero-order chi connectivity index (χ0) is 11.1. The number of hydrogen-bond donors (Lipinski definition) is 1. The molecule has 5 heteroatoms. The minimum absolute atomic E-state index is 0.585. The lowest BCUT2D eigenvalue weighted by Crippen LogP contribution is -2.10. The maximum absolute atomic E-state index is 5.08. The van der Waals surface area contributed by atoms with E-state index in [4.69, 9.17) is 9.47 Å². The smallest absolute Gasteiger partial charge is 0.218 e. The third kappa shape index (κ3) is 3.71. The van der Waals surface area contributed by atoms with Crippen molar-refractivity contribution in [3.05, 3.63) is 11.9 Å². The minimum Gasteiger partial charge on any atom is -0.481 e. The van der Waals surface area contributed by atoms with Crippen molar-refractivity contribution in [2.24, 2.45) is 0 Å². The molecule has 0 aliphatic heterocycles. The molecule has 0 fully saturated rings. The van der Waals surface area contributed by atoms with Crippen LogP contribution in [0.2, 0.25) is 0 Å². The van der Waals surface area contributed by atoms with Crippen LogP contribution in [0.3, 0.4) is 0 Å². The van der Waals surface area contributed by atoms with Gasteiger partial charge in [0.2, 0.25) is 5.88 Å². The number of aryl methyl sites for hydroxylation is 1. The Hall–Kier alpha value is -1.36. The summed E-state index contributed by atoms with van der Waals surface area (Å²) in [7, 11) is 3.26. The molecule has 0 bridgehead atoms. The number of nitrogens with zero attached hydrogens (tertiary/aromatic N) is 2. The van der Waals surface area contributed by atoms with E-state index in [1.807, 2.05) is 6.92 Å². The number of anilines is 1. The maximum atomic E-state index is 5.08. The van der Waals surface area contributed by atoms with Gasteiger partial charge in [0.05, 0.1) is 13.7 Å². The van der Waals surface area contributed by atoms with E-state index in [0.29, 0.717) is 12.5 Å². The number of methoxy groups -OCH3 is 2. The second-order valence-corrected chi connectivity index (χ2v) is 2.98. The molecule has 0 saturated carbocycles. The van der Waals surface area contributed by atoms with E-state index in [1.54, 1.807) is 20.3 Å². The first kappa shape index (κ1) is 11.7. The zero-order valence-corrected chi connectivity index (χ0v) is 9.41. The maximum Gasteiger partial charge on any atom is 0.218 e. The second-order valence-electron chi connectivity index (χ2n) is 2.98. The fourth-order valence-corrected chi connectivity index (χ4v) is 1.11. The van der Waals surface area contributed by atoms with Gasteiger partial charge >= 0.3 is 0 Å². The van der Waals surface area contributed by atoms with Crippen LogP contribution >= 0.6 is 0 Å². The number of nitrogens with one attached hydrogen (secondary N) is 1. The molecule has 1 rings (SSSR count). The highest BCUT2D eigenvalue weighted by Crippen LogP contribution is 2.12. The molecule has 15 heavy (non-hydrogen) atoms. The molecule has 0 radical (unpaired) electrons. The SMILES string of the molecule is CCc1nc(NCCOC)cc(OC)n1. The Bertz CT molecular complexity index is 282. The first-order valence-electron chi connectivity index (χ1n) is 4.95. The monoisotopic (exact) mass is 211 g/mol. The normalized spacial score (nSPS) is 10.1. The molecule has 0 aromatic carbocycles. The first-order chi connectivity index (χ1) is 7.30. The zero-order valence-electron chi connectivity index (χ0n) is 9.41. The third-order valence-corrected chi connectivity index (χ3v) is 1.89. The quantitative estimate of drug-likeness (QED) is 0.714. The molecule has 0 aliphatic rings. The Balaban J connectivity index is 2.68. The van der Waals surface area contributed by atoms with Gasteiger partial charge in [-0.1, -0.05) is 6.92 Å². The second kappa shape index (κ2) is 6.19. The van der Waals surface area contributed by atoms with Gasteiger partial charge in [-0.25, -0.2) is 4.98 Å². The molecule has 1 N–H and O–H groups in total. The molecule has 0 saturated heterocycles. The Morgan fingerprint density at radius 2 is 2.13 bits per heavy atom. The van der Waals surface area contributed by atoms with Crippen LogP contribution in [0.4, 0.5) is 5.82 Å². The molecule has 0 atom stereocenters. The van der Waals surface area contributed by atoms with E-state index in [1.165, 1.54) is 0 Å². The van der Waals surface area contributed by atoms with Crippen LogP contribution in [-0.4, -0.2) is 37.3 Å². The average Bonchev–Trinajstić information content (AvgIpc) is 2.29. The van der Waals surface area contributed by atoms with Crippen LogP contribution in [0.15, 0.2) is 6.07 Å². The summed E-state index contributed by atoms with van der Waals surface area (Å²) in [5.74, 6) is 2.13. The van der Waals surface area contributed by atoms with Crippen LogP contribution in [0, 0.1) is 0 Å². The van der Waals surface area contributed by atoms with Crippen molar-refractivity contribution in [3.8, 4) is 5.88 Å². The van der Waals surface area contributed by atoms with Crippen molar-refractivity contribution in [2.75, 3.05) is 32.7 Å². The van der Waals surface area contributed by atoms with Crippen molar-refractivity contribution in [3.63, 3.8) is 0 Å². The van der Waals surface area contributed by atoms with E-state index in [9.17, 15) is 0 Å². The van der Waals surface area contributed by atoms with Crippen molar-refractivity contribution in [1.29, 1.82) is 0 Å². The van der Waals surface area contributed by atoms with Crippen LogP contribution < -0.4 is 10.1 Å². The number of ether oxygens (including phenoxy) is 2. The van der Waals surface area contributed by atoms with Crippen molar-refractivity contribution < 1.29 is 9.47 Å². The standard InChI is InChI=1S/C10H17N3O2/c1-4-8-12-9(11-5-6-14-2)7-10(13-8)15-3/h7H,4-6H2,1-3H3,(H,11,12,13). The number of rotatable bonds is 6. The highest BCUT2D eigenvalue weighted by molar-refractivity contribution is 5.38. The highest BCUT2D eigenvalue weighted by Gasteiger charge is 2.02. The highest BCUT2D eigenvalue weighted by atomic mass is 16.5. The van der Waals surface area contributed by atoms with E-state index >= 15 is 0 Å². The van der Waals surface area contributed by atoms with Gasteiger partial charge in [-0.2, -0.15) is 4.98 Å².